The number of hydrogen-bond acceptors (Lipinski definition) is 6. The summed E-state index contributed by atoms with van der Waals surface area (Å²) in [6.45, 7) is 0.995. The number of piperidine rings is 1. The van der Waals surface area contributed by atoms with Gasteiger partial charge in [0.2, 0.25) is 0 Å². The minimum atomic E-state index is -1.24. The van der Waals surface area contributed by atoms with E-state index in [0.29, 0.717) is 5.56 Å². The highest BCUT2D eigenvalue weighted by molar-refractivity contribution is 5.96. The summed E-state index contributed by atoms with van der Waals surface area (Å²) in [4.78, 5) is 25.8. The van der Waals surface area contributed by atoms with Gasteiger partial charge in [-0.15, -0.1) is 0 Å². The van der Waals surface area contributed by atoms with Crippen molar-refractivity contribution in [2.24, 2.45) is 0 Å². The lowest BCUT2D eigenvalue weighted by molar-refractivity contribution is -0.385. The maximum Gasteiger partial charge on any atom is 0.338 e. The number of ether oxygens (including phenoxy) is 1. The van der Waals surface area contributed by atoms with Crippen LogP contribution in [-0.2, 0) is 9.53 Å². The van der Waals surface area contributed by atoms with Crippen molar-refractivity contribution in [2.45, 2.75) is 49.5 Å². The minimum absolute atomic E-state index is 0.114. The van der Waals surface area contributed by atoms with E-state index < -0.39 is 22.6 Å². The first-order chi connectivity index (χ1) is 13.0. The Hall–Kier alpha value is -2.51. The predicted octanol–water partition coefficient (Wildman–Crippen LogP) is 2.42. The summed E-state index contributed by atoms with van der Waals surface area (Å²) in [5, 5.41) is 22.0. The summed E-state index contributed by atoms with van der Waals surface area (Å²) < 4.78 is 5.95. The van der Waals surface area contributed by atoms with Crippen LogP contribution in [0.3, 0.4) is 0 Å². The van der Waals surface area contributed by atoms with Gasteiger partial charge in [-0.05, 0) is 24.9 Å². The van der Waals surface area contributed by atoms with Crippen molar-refractivity contribution in [3.8, 4) is 0 Å². The number of carbonyl (C=O) groups excluding carboxylic acids is 1. The van der Waals surface area contributed by atoms with Gasteiger partial charge in [0.15, 0.2) is 5.60 Å². The van der Waals surface area contributed by atoms with Gasteiger partial charge in [-0.3, -0.25) is 15.0 Å². The lowest BCUT2D eigenvalue weighted by atomic mass is 9.78. The highest BCUT2D eigenvalue weighted by Gasteiger charge is 2.62. The van der Waals surface area contributed by atoms with Crippen molar-refractivity contribution in [1.29, 1.82) is 0 Å². The van der Waals surface area contributed by atoms with E-state index in [2.05, 4.69) is 11.0 Å². The minimum Gasteiger partial charge on any atom is -0.449 e. The summed E-state index contributed by atoms with van der Waals surface area (Å²) in [7, 11) is 0. The molecule has 4 atom stereocenters. The van der Waals surface area contributed by atoms with E-state index in [1.54, 1.807) is 6.07 Å². The molecule has 1 unspecified atom stereocenters. The molecule has 1 spiro atoms. The average molecular weight is 368 g/mol. The smallest absolute Gasteiger partial charge is 0.338 e. The second-order valence-electron chi connectivity index (χ2n) is 7.74. The standard InChI is InChI=1S/C20H20N2O5/c23-18(12-4-3-5-13(10-12)22(25)26)17-15-8-7-14-11-20(15,27-19(17)24)16-6-1-2-9-21(14)16/h3-5,7-8,10,14,16,18,23H,1-2,6,9,11H2/t14-,16+,18?,20+/m1/s1. The topological polar surface area (TPSA) is 92.9 Å². The van der Waals surface area contributed by atoms with Crippen molar-refractivity contribution in [3.05, 3.63) is 63.2 Å². The van der Waals surface area contributed by atoms with E-state index >= 15 is 0 Å². The first kappa shape index (κ1) is 16.6. The Labute approximate surface area is 156 Å². The molecule has 3 heterocycles. The number of benzene rings is 1. The van der Waals surface area contributed by atoms with Crippen LogP contribution in [0.25, 0.3) is 0 Å². The fourth-order valence-corrected chi connectivity index (χ4v) is 5.28. The summed E-state index contributed by atoms with van der Waals surface area (Å²) in [6.07, 6.45) is 6.71. The summed E-state index contributed by atoms with van der Waals surface area (Å²) >= 11 is 0. The van der Waals surface area contributed by atoms with Crippen molar-refractivity contribution >= 4 is 11.7 Å². The number of fused-ring (bicyclic) bond motifs is 3. The zero-order valence-corrected chi connectivity index (χ0v) is 14.7. The maximum atomic E-state index is 12.8. The molecule has 1 N–H and O–H groups in total. The first-order valence-electron chi connectivity index (χ1n) is 9.35. The Morgan fingerprint density at radius 3 is 3.04 bits per heavy atom. The number of hydrogen-bond donors (Lipinski definition) is 1. The molecule has 1 aromatic carbocycles. The van der Waals surface area contributed by atoms with E-state index in [1.807, 2.05) is 6.08 Å². The molecule has 5 rings (SSSR count). The molecule has 3 aliphatic heterocycles. The molecule has 1 aromatic rings. The molecule has 7 heteroatoms. The third-order valence-electron chi connectivity index (χ3n) is 6.42. The average Bonchev–Trinajstić information content (AvgIpc) is 3.12. The molecular formula is C20H20N2O5. The molecule has 0 saturated carbocycles. The maximum absolute atomic E-state index is 12.8. The van der Waals surface area contributed by atoms with Gasteiger partial charge >= 0.3 is 5.97 Å². The second-order valence-corrected chi connectivity index (χ2v) is 7.74. The molecule has 7 nitrogen and oxygen atoms in total. The number of rotatable bonds is 3. The Morgan fingerprint density at radius 1 is 1.37 bits per heavy atom. The predicted molar refractivity (Wildman–Crippen MR) is 95.8 cm³/mol. The van der Waals surface area contributed by atoms with Crippen LogP contribution in [0.2, 0.25) is 0 Å². The molecule has 0 radical (unpaired) electrons. The van der Waals surface area contributed by atoms with E-state index in [9.17, 15) is 20.0 Å². The molecule has 2 bridgehead atoms. The van der Waals surface area contributed by atoms with Crippen LogP contribution in [0.4, 0.5) is 5.69 Å². The zero-order valence-electron chi connectivity index (χ0n) is 14.7. The molecule has 2 fully saturated rings. The number of non-ortho nitro benzene ring substituents is 1. The van der Waals surface area contributed by atoms with Gasteiger partial charge in [0.25, 0.3) is 5.69 Å². The van der Waals surface area contributed by atoms with Crippen LogP contribution >= 0.6 is 0 Å². The van der Waals surface area contributed by atoms with Gasteiger partial charge in [-0.2, -0.15) is 0 Å². The SMILES string of the molecule is O=C1O[C@@]23C[C@@H](C=CC2=C1C(O)c1cccc([N+](=O)[O-])c1)N1CCCC[C@H]13. The Morgan fingerprint density at radius 2 is 2.22 bits per heavy atom. The van der Waals surface area contributed by atoms with Crippen LogP contribution in [-0.4, -0.2) is 45.1 Å². The molecule has 0 amide bonds. The number of nitro groups is 1. The van der Waals surface area contributed by atoms with Crippen LogP contribution in [0.1, 0.15) is 37.4 Å². The Balaban J connectivity index is 1.59. The monoisotopic (exact) mass is 368 g/mol. The molecule has 1 aliphatic carbocycles. The number of esters is 1. The normalized spacial score (nSPS) is 32.9. The molecule has 140 valence electrons. The number of nitro benzene ring substituents is 1. The van der Waals surface area contributed by atoms with Gasteiger partial charge in [0.1, 0.15) is 6.10 Å². The van der Waals surface area contributed by atoms with Crippen LogP contribution in [0.15, 0.2) is 47.6 Å². The summed E-state index contributed by atoms with van der Waals surface area (Å²) in [5.74, 6) is -0.512. The zero-order chi connectivity index (χ0) is 18.8. The lowest BCUT2D eigenvalue weighted by Crippen LogP contribution is -2.48. The van der Waals surface area contributed by atoms with E-state index in [4.69, 9.17) is 4.74 Å². The highest BCUT2D eigenvalue weighted by Crippen LogP contribution is 2.54. The van der Waals surface area contributed by atoms with Crippen LogP contribution in [0.5, 0.6) is 0 Å². The van der Waals surface area contributed by atoms with Gasteiger partial charge in [0, 0.05) is 30.2 Å². The highest BCUT2D eigenvalue weighted by atomic mass is 16.6. The molecule has 27 heavy (non-hydrogen) atoms. The van der Waals surface area contributed by atoms with Gasteiger partial charge in [-0.1, -0.05) is 30.7 Å². The van der Waals surface area contributed by atoms with Gasteiger partial charge < -0.3 is 9.84 Å². The quantitative estimate of drug-likeness (QED) is 0.500. The third-order valence-corrected chi connectivity index (χ3v) is 6.42. The van der Waals surface area contributed by atoms with Crippen molar-refractivity contribution in [1.82, 2.24) is 4.90 Å². The number of nitrogens with zero attached hydrogens (tertiary/aromatic N) is 2. The van der Waals surface area contributed by atoms with Crippen LogP contribution < -0.4 is 0 Å². The first-order valence-corrected chi connectivity index (χ1v) is 9.35. The lowest BCUT2D eigenvalue weighted by Gasteiger charge is -2.37. The van der Waals surface area contributed by atoms with E-state index in [0.717, 1.165) is 37.8 Å². The van der Waals surface area contributed by atoms with Crippen molar-refractivity contribution in [2.75, 3.05) is 6.54 Å². The van der Waals surface area contributed by atoms with Gasteiger partial charge in [-0.25, -0.2) is 4.79 Å². The van der Waals surface area contributed by atoms with Gasteiger partial charge in [0.05, 0.1) is 16.5 Å². The summed E-state index contributed by atoms with van der Waals surface area (Å²) in [6, 6.07) is 6.20. The third kappa shape index (κ3) is 2.25. The molecule has 2 saturated heterocycles. The van der Waals surface area contributed by atoms with E-state index in [-0.39, 0.29) is 23.3 Å². The Kier molecular flexibility index (Phi) is 3.54. The number of carbonyl (C=O) groups is 1. The molecule has 4 aliphatic rings. The number of aliphatic hydroxyl groups excluding tert-OH is 1. The Bertz CT molecular complexity index is 907. The second kappa shape index (κ2) is 5.74. The fraction of sp³-hybridized carbons (Fsp3) is 0.450. The van der Waals surface area contributed by atoms with Crippen molar-refractivity contribution < 1.29 is 19.6 Å². The van der Waals surface area contributed by atoms with Crippen LogP contribution in [0, 0.1) is 10.1 Å². The number of aliphatic hydroxyl groups is 1. The summed E-state index contributed by atoms with van der Waals surface area (Å²) in [5.41, 5.74) is 0.495. The molecular weight excluding hydrogens is 348 g/mol. The fourth-order valence-electron chi connectivity index (χ4n) is 5.28. The van der Waals surface area contributed by atoms with Crippen molar-refractivity contribution in [3.63, 3.8) is 0 Å². The molecule has 0 aromatic heterocycles. The largest absolute Gasteiger partial charge is 0.449 e. The van der Waals surface area contributed by atoms with E-state index in [1.165, 1.54) is 18.2 Å².